The van der Waals surface area contributed by atoms with Crippen LogP contribution in [0.1, 0.15) is 23.6 Å². The van der Waals surface area contributed by atoms with Crippen molar-refractivity contribution >= 4 is 24.0 Å². The Morgan fingerprint density at radius 3 is 2.12 bits per heavy atom. The Morgan fingerprint density at radius 2 is 1.67 bits per heavy atom. The molecule has 0 aromatic heterocycles. The third-order valence-electron chi connectivity index (χ3n) is 3.70. The molecule has 0 radical (unpaired) electrons. The molecule has 0 unspecified atom stereocenters. The molecule has 2 nitrogen and oxygen atoms in total. The molecule has 1 fully saturated rings. The van der Waals surface area contributed by atoms with Crippen LogP contribution in [0.5, 0.6) is 0 Å². The van der Waals surface area contributed by atoms with E-state index in [1.165, 1.54) is 0 Å². The van der Waals surface area contributed by atoms with Gasteiger partial charge in [-0.1, -0.05) is 17.7 Å². The van der Waals surface area contributed by atoms with Gasteiger partial charge >= 0.3 is 12.4 Å². The predicted octanol–water partition coefficient (Wildman–Crippen LogP) is 4.68. The van der Waals surface area contributed by atoms with Crippen molar-refractivity contribution in [2.24, 2.45) is 0 Å². The molecule has 24 heavy (non-hydrogen) atoms. The molecule has 1 aromatic carbocycles. The molecule has 1 heterocycles. The average molecular weight is 397 g/mol. The van der Waals surface area contributed by atoms with Gasteiger partial charge in [-0.3, -0.25) is 4.90 Å². The molecule has 0 saturated carbocycles. The number of halogens is 8. The summed E-state index contributed by atoms with van der Waals surface area (Å²) in [5.74, 6) is 0. The number of rotatable bonds is 3. The highest BCUT2D eigenvalue weighted by atomic mass is 35.5. The highest BCUT2D eigenvalue weighted by Gasteiger charge is 2.37. The summed E-state index contributed by atoms with van der Waals surface area (Å²) in [4.78, 5) is 1.61. The summed E-state index contributed by atoms with van der Waals surface area (Å²) >= 11 is 5.64. The van der Waals surface area contributed by atoms with Gasteiger partial charge < -0.3 is 5.32 Å². The zero-order valence-corrected chi connectivity index (χ0v) is 13.9. The fourth-order valence-corrected chi connectivity index (χ4v) is 2.94. The van der Waals surface area contributed by atoms with Crippen LogP contribution in [0.4, 0.5) is 26.3 Å². The largest absolute Gasteiger partial charge is 0.417 e. The maximum absolute atomic E-state index is 12.9. The molecule has 2 rings (SSSR count). The molecule has 0 amide bonds. The Hall–Kier alpha value is -0.700. The lowest BCUT2D eigenvalue weighted by Gasteiger charge is -2.35. The van der Waals surface area contributed by atoms with E-state index in [4.69, 9.17) is 11.6 Å². The van der Waals surface area contributed by atoms with Crippen LogP contribution in [0.25, 0.3) is 0 Å². The second-order valence-electron chi connectivity index (χ2n) is 5.36. The number of nitrogens with zero attached hydrogens (tertiary/aromatic N) is 1. The Labute approximate surface area is 146 Å². The van der Waals surface area contributed by atoms with Crippen molar-refractivity contribution in [1.82, 2.24) is 10.2 Å². The van der Waals surface area contributed by atoms with Crippen LogP contribution in [0, 0.1) is 0 Å². The normalized spacial score (nSPS) is 18.1. The first-order valence-electron chi connectivity index (χ1n) is 6.96. The van der Waals surface area contributed by atoms with E-state index in [1.807, 2.05) is 0 Å². The first kappa shape index (κ1) is 21.3. The average Bonchev–Trinajstić information content (AvgIpc) is 2.43. The van der Waals surface area contributed by atoms with Crippen molar-refractivity contribution in [3.05, 3.63) is 34.3 Å². The lowest BCUT2D eigenvalue weighted by molar-refractivity contribution is -0.149. The number of hydrogen-bond donors (Lipinski definition) is 1. The molecule has 0 spiro atoms. The van der Waals surface area contributed by atoms with Crippen LogP contribution in [0.2, 0.25) is 5.02 Å². The monoisotopic (exact) mass is 396 g/mol. The molecule has 1 atom stereocenters. The summed E-state index contributed by atoms with van der Waals surface area (Å²) in [6, 6.07) is 1.76. The number of benzene rings is 1. The van der Waals surface area contributed by atoms with Gasteiger partial charge in [-0.05, 0) is 17.7 Å². The molecular weight excluding hydrogens is 381 g/mol. The van der Waals surface area contributed by atoms with Gasteiger partial charge in [-0.25, -0.2) is 0 Å². The summed E-state index contributed by atoms with van der Waals surface area (Å²) < 4.78 is 76.8. The molecule has 1 saturated heterocycles. The van der Waals surface area contributed by atoms with Crippen LogP contribution >= 0.6 is 24.0 Å². The molecule has 1 aromatic rings. The second-order valence-corrected chi connectivity index (χ2v) is 5.77. The fraction of sp³-hybridized carbons (Fsp3) is 0.571. The summed E-state index contributed by atoms with van der Waals surface area (Å²) in [6.45, 7) is 1.84. The molecule has 1 aliphatic heterocycles. The quantitative estimate of drug-likeness (QED) is 0.746. The summed E-state index contributed by atoms with van der Waals surface area (Å²) in [5.41, 5.74) is -0.906. The van der Waals surface area contributed by atoms with Crippen LogP contribution in [-0.4, -0.2) is 37.3 Å². The topological polar surface area (TPSA) is 15.3 Å². The molecule has 138 valence electrons. The first-order valence-corrected chi connectivity index (χ1v) is 7.34. The third kappa shape index (κ3) is 5.68. The molecule has 10 heteroatoms. The van der Waals surface area contributed by atoms with Crippen LogP contribution < -0.4 is 5.32 Å². The second kappa shape index (κ2) is 8.12. The Kier molecular flexibility index (Phi) is 7.22. The van der Waals surface area contributed by atoms with Gasteiger partial charge in [-0.15, -0.1) is 12.4 Å². The zero-order chi connectivity index (χ0) is 17.3. The molecule has 0 bridgehead atoms. The number of hydrogen-bond acceptors (Lipinski definition) is 2. The third-order valence-corrected chi connectivity index (χ3v) is 4.01. The van der Waals surface area contributed by atoms with Gasteiger partial charge in [0.05, 0.1) is 17.0 Å². The van der Waals surface area contributed by atoms with Gasteiger partial charge in [0, 0.05) is 32.2 Å². The number of piperazine rings is 1. The van der Waals surface area contributed by atoms with Gasteiger partial charge in [0.2, 0.25) is 0 Å². The van der Waals surface area contributed by atoms with E-state index in [1.54, 1.807) is 4.90 Å². The van der Waals surface area contributed by atoms with Crippen molar-refractivity contribution in [2.45, 2.75) is 24.8 Å². The van der Waals surface area contributed by atoms with Gasteiger partial charge in [0.1, 0.15) is 0 Å². The van der Waals surface area contributed by atoms with E-state index in [0.717, 1.165) is 18.2 Å². The summed E-state index contributed by atoms with van der Waals surface area (Å²) in [7, 11) is 0. The maximum Gasteiger partial charge on any atom is 0.417 e. The van der Waals surface area contributed by atoms with Crippen molar-refractivity contribution in [1.29, 1.82) is 0 Å². The Bertz CT molecular complexity index is 541. The van der Waals surface area contributed by atoms with E-state index >= 15 is 0 Å². The molecule has 1 aliphatic rings. The van der Waals surface area contributed by atoms with Crippen molar-refractivity contribution in [2.75, 3.05) is 26.2 Å². The lowest BCUT2D eigenvalue weighted by atomic mass is 9.99. The number of alkyl halides is 6. The van der Waals surface area contributed by atoms with Crippen molar-refractivity contribution < 1.29 is 26.3 Å². The maximum atomic E-state index is 12.9. The van der Waals surface area contributed by atoms with E-state index < -0.39 is 35.4 Å². The molecular formula is C14H16Cl2F6N2. The fourth-order valence-electron chi connectivity index (χ4n) is 2.64. The van der Waals surface area contributed by atoms with Crippen LogP contribution in [-0.2, 0) is 6.18 Å². The van der Waals surface area contributed by atoms with Crippen molar-refractivity contribution in [3.63, 3.8) is 0 Å². The standard InChI is InChI=1S/C14H15ClF6N2.ClH/c15-11-7-9(1-2-10(11)14(19,20)21)12(8-13(16,17)18)23-5-3-22-4-6-23;/h1-2,7,12,22H,3-6,8H2;1H/t12-;/m0./s1. The Morgan fingerprint density at radius 1 is 1.08 bits per heavy atom. The Balaban J connectivity index is 0.00000288. The summed E-state index contributed by atoms with van der Waals surface area (Å²) in [5, 5.41) is 2.44. The van der Waals surface area contributed by atoms with E-state index in [0.29, 0.717) is 26.2 Å². The van der Waals surface area contributed by atoms with Gasteiger partial charge in [0.15, 0.2) is 0 Å². The smallest absolute Gasteiger partial charge is 0.314 e. The summed E-state index contributed by atoms with van der Waals surface area (Å²) in [6.07, 6.45) is -10.2. The molecule has 1 N–H and O–H groups in total. The first-order chi connectivity index (χ1) is 10.6. The lowest BCUT2D eigenvalue weighted by Crippen LogP contribution is -2.46. The van der Waals surface area contributed by atoms with Crippen molar-refractivity contribution in [3.8, 4) is 0 Å². The minimum Gasteiger partial charge on any atom is -0.314 e. The van der Waals surface area contributed by atoms with Gasteiger partial charge in [0.25, 0.3) is 0 Å². The van der Waals surface area contributed by atoms with Crippen LogP contribution in [0.3, 0.4) is 0 Å². The predicted molar refractivity (Wildman–Crippen MR) is 81.6 cm³/mol. The van der Waals surface area contributed by atoms with Gasteiger partial charge in [-0.2, -0.15) is 26.3 Å². The van der Waals surface area contributed by atoms with E-state index in [-0.39, 0.29) is 18.0 Å². The SMILES string of the molecule is Cl.FC(F)(F)C[C@@H](c1ccc(C(F)(F)F)c(Cl)c1)N1CCNCC1. The zero-order valence-electron chi connectivity index (χ0n) is 12.3. The number of nitrogens with one attached hydrogen (secondary N) is 1. The minimum atomic E-state index is -4.63. The minimum absolute atomic E-state index is 0. The van der Waals surface area contributed by atoms with Crippen LogP contribution in [0.15, 0.2) is 18.2 Å². The van der Waals surface area contributed by atoms with E-state index in [2.05, 4.69) is 5.32 Å². The highest BCUT2D eigenvalue weighted by Crippen LogP contribution is 2.39. The van der Waals surface area contributed by atoms with E-state index in [9.17, 15) is 26.3 Å². The molecule has 0 aliphatic carbocycles. The highest BCUT2D eigenvalue weighted by molar-refractivity contribution is 6.31.